The lowest BCUT2D eigenvalue weighted by atomic mass is 9.87. The van der Waals surface area contributed by atoms with Crippen molar-refractivity contribution < 1.29 is 27.1 Å². The lowest BCUT2D eigenvalue weighted by Gasteiger charge is -2.39. The lowest BCUT2D eigenvalue weighted by Crippen LogP contribution is -2.48. The summed E-state index contributed by atoms with van der Waals surface area (Å²) >= 11 is 12.8. The summed E-state index contributed by atoms with van der Waals surface area (Å²) in [6, 6.07) is 10.4. The first kappa shape index (κ1) is 33.7. The molecule has 0 radical (unpaired) electrons. The van der Waals surface area contributed by atoms with Gasteiger partial charge < -0.3 is 19.9 Å². The summed E-state index contributed by atoms with van der Waals surface area (Å²) in [5.41, 5.74) is 0.779. The molecule has 2 N–H and O–H groups in total. The van der Waals surface area contributed by atoms with Crippen LogP contribution in [0.2, 0.25) is 10.0 Å². The molecule has 4 atom stereocenters. The number of aromatic nitrogens is 2. The van der Waals surface area contributed by atoms with Crippen molar-refractivity contribution in [2.75, 3.05) is 6.54 Å². The summed E-state index contributed by atoms with van der Waals surface area (Å²) in [5.74, 6) is -0.657. The number of nitrogens with zero attached hydrogens (tertiary/aromatic N) is 3. The Hall–Kier alpha value is -3.43. The molecular formula is C37H35Cl2F4N5O2. The molecule has 4 aromatic rings. The molecule has 3 saturated carbocycles. The van der Waals surface area contributed by atoms with Crippen molar-refractivity contribution in [1.29, 1.82) is 5.26 Å². The van der Waals surface area contributed by atoms with Gasteiger partial charge in [0.2, 0.25) is 0 Å². The minimum absolute atomic E-state index is 0.0654. The third kappa shape index (κ3) is 5.63. The number of ether oxygens (including phenoxy) is 1. The third-order valence-electron chi connectivity index (χ3n) is 11.3. The average molecular weight is 729 g/mol. The van der Waals surface area contributed by atoms with E-state index in [1.54, 1.807) is 37.3 Å². The van der Waals surface area contributed by atoms with E-state index in [2.05, 4.69) is 21.4 Å². The standard InChI is InChI=1S/C32H26Cl2F4N4O2.C5H9N/c1-14-18-13-22(29-19-11-16(12-23(19)44-31(36)37)42(29)30(43)32(38)7-8-32)41-27(18)20-10-15(4-3-9-39)24(26(35)28(20)40-14)17-5-2-6-21(33)25(17)34;1-4-2-5(1)6-3-4/h2,5-6,10,13,16,19,23,29,31,41H,3-4,7-8,11-12H2,1H3;4-6H,1-3H2. The number of likely N-dealkylation sites (tertiary alicyclic amines) is 1. The monoisotopic (exact) mass is 727 g/mol. The molecule has 7 nitrogen and oxygen atoms in total. The maximum absolute atomic E-state index is 16.5. The maximum atomic E-state index is 16.5. The molecule has 50 heavy (non-hydrogen) atoms. The van der Waals surface area contributed by atoms with Crippen LogP contribution in [0.4, 0.5) is 17.6 Å². The minimum Gasteiger partial charge on any atom is -0.356 e. The summed E-state index contributed by atoms with van der Waals surface area (Å²) < 4.78 is 63.2. The van der Waals surface area contributed by atoms with E-state index in [1.807, 2.05) is 0 Å². The second kappa shape index (κ2) is 12.7. The third-order valence-corrected chi connectivity index (χ3v) is 12.1. The number of benzene rings is 2. The van der Waals surface area contributed by atoms with Crippen molar-refractivity contribution in [3.63, 3.8) is 0 Å². The normalized spacial score (nSPS) is 27.1. The predicted molar refractivity (Wildman–Crippen MR) is 182 cm³/mol. The van der Waals surface area contributed by atoms with Gasteiger partial charge in [0, 0.05) is 57.7 Å². The number of pyridine rings is 1. The van der Waals surface area contributed by atoms with E-state index >= 15 is 8.78 Å². The van der Waals surface area contributed by atoms with E-state index in [0.29, 0.717) is 45.2 Å². The lowest BCUT2D eigenvalue weighted by molar-refractivity contribution is -0.185. The van der Waals surface area contributed by atoms with Crippen molar-refractivity contribution in [2.45, 2.75) is 94.8 Å². The molecule has 3 saturated heterocycles. The van der Waals surface area contributed by atoms with Crippen molar-refractivity contribution in [3.8, 4) is 17.2 Å². The molecular weight excluding hydrogens is 693 g/mol. The van der Waals surface area contributed by atoms with Crippen LogP contribution in [0, 0.1) is 35.9 Å². The Morgan fingerprint density at radius 1 is 1.18 bits per heavy atom. The van der Waals surface area contributed by atoms with Crippen molar-refractivity contribution in [3.05, 3.63) is 63.1 Å². The van der Waals surface area contributed by atoms with Crippen molar-refractivity contribution in [2.24, 2.45) is 11.8 Å². The van der Waals surface area contributed by atoms with Gasteiger partial charge in [0.1, 0.15) is 5.52 Å². The Morgan fingerprint density at radius 2 is 1.96 bits per heavy atom. The van der Waals surface area contributed by atoms with E-state index in [9.17, 15) is 18.8 Å². The fourth-order valence-electron chi connectivity index (χ4n) is 8.64. The Labute approximate surface area is 296 Å². The second-order valence-electron chi connectivity index (χ2n) is 14.4. The van der Waals surface area contributed by atoms with Gasteiger partial charge in [-0.25, -0.2) is 13.8 Å². The topological polar surface area (TPSA) is 94.0 Å². The fraction of sp³-hybridized carbons (Fsp3) is 0.486. The SMILES string of the molecule is C1NC2CC1C2.Cc1nc2c(F)c(-c3cccc(Cl)c3Cl)c(CCC#N)cc2c2[nH]c(C3C4CC(CC4OC(F)F)N3C(=O)C3(F)CC3)cc12. The van der Waals surface area contributed by atoms with E-state index in [1.165, 1.54) is 24.3 Å². The molecule has 3 aliphatic heterocycles. The van der Waals surface area contributed by atoms with Gasteiger partial charge in [-0.15, -0.1) is 0 Å². The Balaban J connectivity index is 0.000000538. The molecule has 2 aromatic carbocycles. The molecule has 5 heterocycles. The molecule has 6 fully saturated rings. The highest BCUT2D eigenvalue weighted by molar-refractivity contribution is 6.43. The number of aryl methyl sites for hydroxylation is 2. The van der Waals surface area contributed by atoms with Crippen LogP contribution in [0.3, 0.4) is 0 Å². The second-order valence-corrected chi connectivity index (χ2v) is 15.2. The van der Waals surface area contributed by atoms with Gasteiger partial charge in [-0.05, 0) is 88.1 Å². The number of nitriles is 1. The Bertz CT molecular complexity index is 2040. The number of rotatable bonds is 7. The smallest absolute Gasteiger partial charge is 0.345 e. The summed E-state index contributed by atoms with van der Waals surface area (Å²) in [6.07, 6.45) is 3.37. The Kier molecular flexibility index (Phi) is 8.53. The number of hydrogen-bond donors (Lipinski definition) is 2. The summed E-state index contributed by atoms with van der Waals surface area (Å²) in [7, 11) is 0. The zero-order valence-corrected chi connectivity index (χ0v) is 28.7. The summed E-state index contributed by atoms with van der Waals surface area (Å²) in [6.45, 7) is 0.0574. The van der Waals surface area contributed by atoms with Gasteiger partial charge in [-0.3, -0.25) is 4.79 Å². The molecule has 4 unspecified atom stereocenters. The van der Waals surface area contributed by atoms with E-state index in [-0.39, 0.29) is 53.2 Å². The quantitative estimate of drug-likeness (QED) is 0.186. The number of hydrogen-bond acceptors (Lipinski definition) is 5. The first-order chi connectivity index (χ1) is 24.0. The highest BCUT2D eigenvalue weighted by Crippen LogP contribution is 2.55. The number of carbonyl (C=O) groups is 1. The van der Waals surface area contributed by atoms with E-state index in [0.717, 1.165) is 12.0 Å². The summed E-state index contributed by atoms with van der Waals surface area (Å²) in [4.78, 5) is 22.8. The molecule has 1 amide bonds. The van der Waals surface area contributed by atoms with Gasteiger partial charge in [0.25, 0.3) is 5.91 Å². The maximum Gasteiger partial charge on any atom is 0.345 e. The predicted octanol–water partition coefficient (Wildman–Crippen LogP) is 8.73. The van der Waals surface area contributed by atoms with Gasteiger partial charge in [0.15, 0.2) is 11.5 Å². The first-order valence-corrected chi connectivity index (χ1v) is 17.9. The number of amides is 1. The van der Waals surface area contributed by atoms with Crippen LogP contribution in [0.1, 0.15) is 67.9 Å². The number of H-pyrrole nitrogens is 1. The fourth-order valence-corrected chi connectivity index (χ4v) is 9.04. The molecule has 10 rings (SSSR count). The molecule has 6 aliphatic rings. The number of nitrogens with one attached hydrogen (secondary N) is 2. The van der Waals surface area contributed by atoms with Crippen LogP contribution in [0.25, 0.3) is 32.9 Å². The Morgan fingerprint density at radius 3 is 2.60 bits per heavy atom. The van der Waals surface area contributed by atoms with Gasteiger partial charge in [-0.1, -0.05) is 35.3 Å². The number of halogens is 6. The first-order valence-electron chi connectivity index (χ1n) is 17.1. The molecule has 13 heteroatoms. The zero-order valence-electron chi connectivity index (χ0n) is 27.2. The zero-order chi connectivity index (χ0) is 35.1. The molecule has 4 bridgehead atoms. The van der Waals surface area contributed by atoms with Crippen LogP contribution in [0.15, 0.2) is 30.3 Å². The van der Waals surface area contributed by atoms with Crippen LogP contribution in [-0.4, -0.2) is 57.8 Å². The van der Waals surface area contributed by atoms with Crippen LogP contribution in [0.5, 0.6) is 0 Å². The van der Waals surface area contributed by atoms with Crippen molar-refractivity contribution >= 4 is 50.9 Å². The van der Waals surface area contributed by atoms with Crippen LogP contribution >= 0.6 is 23.2 Å². The molecule has 3 aliphatic carbocycles. The molecule has 262 valence electrons. The van der Waals surface area contributed by atoms with E-state index in [4.69, 9.17) is 27.9 Å². The number of aromatic amines is 1. The number of fused-ring (bicyclic) bond motifs is 6. The van der Waals surface area contributed by atoms with Crippen LogP contribution < -0.4 is 5.32 Å². The minimum atomic E-state index is -2.98. The van der Waals surface area contributed by atoms with E-state index < -0.39 is 48.1 Å². The number of carbonyl (C=O) groups excluding carboxylic acids is 1. The highest BCUT2D eigenvalue weighted by atomic mass is 35.5. The summed E-state index contributed by atoms with van der Waals surface area (Å²) in [5, 5.41) is 14.2. The number of alkyl halides is 3. The van der Waals surface area contributed by atoms with Gasteiger partial charge >= 0.3 is 6.61 Å². The molecule has 0 spiro atoms. The number of piperidine rings is 1. The van der Waals surface area contributed by atoms with Crippen LogP contribution in [-0.2, 0) is 16.0 Å². The largest absolute Gasteiger partial charge is 0.356 e. The molecule has 2 aromatic heterocycles. The van der Waals surface area contributed by atoms with Gasteiger partial charge in [0.05, 0.1) is 33.8 Å². The highest BCUT2D eigenvalue weighted by Gasteiger charge is 2.61. The average Bonchev–Trinajstić information content (AvgIpc) is 3.68. The van der Waals surface area contributed by atoms with Crippen molar-refractivity contribution in [1.82, 2.24) is 20.2 Å². The van der Waals surface area contributed by atoms with Gasteiger partial charge in [-0.2, -0.15) is 14.0 Å².